The molecule has 0 atom stereocenters. The van der Waals surface area contributed by atoms with Crippen molar-refractivity contribution < 1.29 is 17.9 Å². The highest BCUT2D eigenvalue weighted by atomic mass is 32.2. The monoisotopic (exact) mass is 559 g/mol. The van der Waals surface area contributed by atoms with Crippen molar-refractivity contribution in [3.8, 4) is 11.4 Å². The Kier molecular flexibility index (Phi) is 6.71. The summed E-state index contributed by atoms with van der Waals surface area (Å²) in [6.07, 6.45) is -1.32. The van der Waals surface area contributed by atoms with Crippen molar-refractivity contribution in [3.63, 3.8) is 0 Å². The number of para-hydroxylation sites is 1. The number of amidine groups is 1. The summed E-state index contributed by atoms with van der Waals surface area (Å²) in [7, 11) is 0. The molecule has 0 unspecified atom stereocenters. The summed E-state index contributed by atoms with van der Waals surface area (Å²) in [4.78, 5) is 6.77. The van der Waals surface area contributed by atoms with Gasteiger partial charge in [-0.05, 0) is 64.9 Å². The Morgan fingerprint density at radius 2 is 1.80 bits per heavy atom. The maximum absolute atomic E-state index is 12.5. The molecular weight excluding hydrogens is 535 g/mol. The summed E-state index contributed by atoms with van der Waals surface area (Å²) in [5, 5.41) is 11.6. The molecule has 1 aliphatic rings. The fourth-order valence-electron chi connectivity index (χ4n) is 4.73. The Morgan fingerprint density at radius 3 is 2.52 bits per heavy atom. The van der Waals surface area contributed by atoms with E-state index in [4.69, 9.17) is 0 Å². The van der Waals surface area contributed by atoms with Gasteiger partial charge in [0.15, 0.2) is 5.17 Å². The second kappa shape index (κ2) is 10.3. The first-order valence-electron chi connectivity index (χ1n) is 12.6. The van der Waals surface area contributed by atoms with Gasteiger partial charge in [-0.15, -0.1) is 18.3 Å². The summed E-state index contributed by atoms with van der Waals surface area (Å²) >= 11 is 1.67. The van der Waals surface area contributed by atoms with Crippen molar-refractivity contribution >= 4 is 50.6 Å². The first-order valence-corrected chi connectivity index (χ1v) is 13.6. The van der Waals surface area contributed by atoms with Crippen LogP contribution in [0.25, 0.3) is 27.5 Å². The number of fused-ring (bicyclic) bond motifs is 3. The highest BCUT2D eigenvalue weighted by molar-refractivity contribution is 8.16. The Bertz CT molecular complexity index is 1760. The van der Waals surface area contributed by atoms with Crippen LogP contribution in [0, 0.1) is 0 Å². The van der Waals surface area contributed by atoms with Crippen molar-refractivity contribution in [2.45, 2.75) is 26.1 Å². The molecule has 5 aromatic rings. The van der Waals surface area contributed by atoms with E-state index in [9.17, 15) is 13.2 Å². The maximum Gasteiger partial charge on any atom is 0.573 e. The molecule has 4 aromatic carbocycles. The molecule has 10 heteroatoms. The number of hydrogen-bond donors (Lipinski definition) is 0. The minimum Gasteiger partial charge on any atom is -0.406 e. The number of thioether (sulfide) groups is 1. The zero-order valence-corrected chi connectivity index (χ0v) is 22.4. The van der Waals surface area contributed by atoms with Crippen LogP contribution in [0.3, 0.4) is 0 Å². The van der Waals surface area contributed by atoms with Gasteiger partial charge >= 0.3 is 6.36 Å². The van der Waals surface area contributed by atoms with E-state index in [1.165, 1.54) is 23.4 Å². The lowest BCUT2D eigenvalue weighted by atomic mass is 10.0. The van der Waals surface area contributed by atoms with Crippen molar-refractivity contribution in [3.05, 3.63) is 96.3 Å². The molecule has 1 aliphatic heterocycles. The summed E-state index contributed by atoms with van der Waals surface area (Å²) in [6, 6.07) is 24.0. The lowest BCUT2D eigenvalue weighted by molar-refractivity contribution is -0.274. The molecular formula is C30H24F3N5OS. The molecule has 6 rings (SSSR count). The molecule has 0 amide bonds. The first kappa shape index (κ1) is 25.9. The van der Waals surface area contributed by atoms with Gasteiger partial charge < -0.3 is 9.64 Å². The van der Waals surface area contributed by atoms with Gasteiger partial charge in [0.1, 0.15) is 12.1 Å². The zero-order chi connectivity index (χ0) is 27.9. The number of hydrogen-bond acceptors (Lipinski definition) is 5. The largest absolute Gasteiger partial charge is 0.573 e. The third-order valence-electron chi connectivity index (χ3n) is 6.66. The third kappa shape index (κ3) is 5.14. The average Bonchev–Trinajstić information content (AvgIpc) is 3.35. The predicted molar refractivity (Wildman–Crippen MR) is 156 cm³/mol. The van der Waals surface area contributed by atoms with E-state index in [2.05, 4.69) is 56.9 Å². The topological polar surface area (TPSA) is 55.0 Å². The van der Waals surface area contributed by atoms with Gasteiger partial charge in [0.25, 0.3) is 0 Å². The Balaban J connectivity index is 1.22. The van der Waals surface area contributed by atoms with Gasteiger partial charge in [0.05, 0.1) is 23.1 Å². The Hall–Kier alpha value is -4.31. The second-order valence-corrected chi connectivity index (χ2v) is 10.5. The molecule has 2 heterocycles. The van der Waals surface area contributed by atoms with Gasteiger partial charge in [0.2, 0.25) is 0 Å². The number of rotatable bonds is 6. The van der Waals surface area contributed by atoms with E-state index in [0.717, 1.165) is 38.4 Å². The molecule has 1 aromatic heterocycles. The second-order valence-electron chi connectivity index (χ2n) is 9.61. The fraction of sp³-hybridized carbons (Fsp3) is 0.167. The van der Waals surface area contributed by atoms with Crippen LogP contribution in [0.1, 0.15) is 30.9 Å². The number of aromatic nitrogens is 2. The summed E-state index contributed by atoms with van der Waals surface area (Å²) in [5.41, 5.74) is 5.68. The number of alkyl halides is 3. The average molecular weight is 560 g/mol. The molecule has 202 valence electrons. The molecule has 1 fully saturated rings. The Morgan fingerprint density at radius 1 is 1.00 bits per heavy atom. The first-order chi connectivity index (χ1) is 19.3. The standard InChI is InChI=1S/C30H24F3N5OS/c1-19(2)24-5-3-4-6-26(24)38-18-40-29(38)36-35-16-20-7-13-25-21(15-20)8-14-27-28(25)34-17-37(27)22-9-11-23(12-10-22)39-30(31,32)33/h3-17,19H,18H2,1-2H3. The summed E-state index contributed by atoms with van der Waals surface area (Å²) in [5.74, 6) is 0.997. The molecule has 0 spiro atoms. The van der Waals surface area contributed by atoms with E-state index in [1.807, 2.05) is 41.0 Å². The molecule has 0 aliphatic carbocycles. The lowest BCUT2D eigenvalue weighted by Gasteiger charge is -2.34. The molecule has 0 radical (unpaired) electrons. The van der Waals surface area contributed by atoms with Crippen molar-refractivity contribution in [2.24, 2.45) is 10.2 Å². The van der Waals surface area contributed by atoms with Crippen molar-refractivity contribution in [1.82, 2.24) is 9.55 Å². The Labute approximate surface area is 232 Å². The fourth-order valence-corrected chi connectivity index (χ4v) is 5.45. The normalized spacial score (nSPS) is 15.1. The number of nitrogens with zero attached hydrogens (tertiary/aromatic N) is 5. The van der Waals surface area contributed by atoms with E-state index in [0.29, 0.717) is 11.6 Å². The van der Waals surface area contributed by atoms with Crippen molar-refractivity contribution in [2.75, 3.05) is 10.8 Å². The molecule has 0 bridgehead atoms. The SMILES string of the molecule is CC(C)c1ccccc1N1CSC1=NN=Cc1ccc2c(ccc3c2ncn3-c2ccc(OC(F)(F)F)cc2)c1. The van der Waals surface area contributed by atoms with Crippen molar-refractivity contribution in [1.29, 1.82) is 0 Å². The van der Waals surface area contributed by atoms with Crippen LogP contribution >= 0.6 is 11.8 Å². The van der Waals surface area contributed by atoms with Gasteiger partial charge in [-0.1, -0.05) is 62.0 Å². The van der Waals surface area contributed by atoms with E-state index >= 15 is 0 Å². The minimum atomic E-state index is -4.73. The third-order valence-corrected chi connectivity index (χ3v) is 7.61. The molecule has 0 saturated carbocycles. The molecule has 6 nitrogen and oxygen atoms in total. The van der Waals surface area contributed by atoms with Crippen LogP contribution < -0.4 is 9.64 Å². The van der Waals surface area contributed by atoms with Crippen LogP contribution in [0.4, 0.5) is 18.9 Å². The van der Waals surface area contributed by atoms with Gasteiger partial charge in [-0.25, -0.2) is 4.98 Å². The molecule has 40 heavy (non-hydrogen) atoms. The van der Waals surface area contributed by atoms with Crippen LogP contribution in [0.5, 0.6) is 5.75 Å². The molecule has 1 saturated heterocycles. The number of anilines is 1. The maximum atomic E-state index is 12.5. The van der Waals surface area contributed by atoms with Crippen LogP contribution in [0.15, 0.2) is 95.4 Å². The van der Waals surface area contributed by atoms with Crippen LogP contribution in [-0.2, 0) is 0 Å². The number of ether oxygens (including phenoxy) is 1. The van der Waals surface area contributed by atoms with Crippen LogP contribution in [0.2, 0.25) is 0 Å². The van der Waals surface area contributed by atoms with E-state index < -0.39 is 6.36 Å². The van der Waals surface area contributed by atoms with Crippen LogP contribution in [-0.4, -0.2) is 33.2 Å². The highest BCUT2D eigenvalue weighted by Gasteiger charge is 2.31. The minimum absolute atomic E-state index is 0.269. The van der Waals surface area contributed by atoms with Gasteiger partial charge in [-0.2, -0.15) is 5.10 Å². The molecule has 0 N–H and O–H groups in total. The number of halogens is 3. The van der Waals surface area contributed by atoms with E-state index in [-0.39, 0.29) is 5.75 Å². The van der Waals surface area contributed by atoms with Gasteiger partial charge in [0, 0.05) is 16.8 Å². The highest BCUT2D eigenvalue weighted by Crippen LogP contribution is 2.35. The zero-order valence-electron chi connectivity index (χ0n) is 21.6. The summed E-state index contributed by atoms with van der Waals surface area (Å²) in [6.45, 7) is 4.38. The number of imidazole rings is 1. The quantitative estimate of drug-likeness (QED) is 0.156. The lowest BCUT2D eigenvalue weighted by Crippen LogP contribution is -2.39. The van der Waals surface area contributed by atoms with E-state index in [1.54, 1.807) is 36.4 Å². The predicted octanol–water partition coefficient (Wildman–Crippen LogP) is 8.10. The summed E-state index contributed by atoms with van der Waals surface area (Å²) < 4.78 is 43.3. The van der Waals surface area contributed by atoms with Gasteiger partial charge in [-0.3, -0.25) is 4.57 Å². The smallest absolute Gasteiger partial charge is 0.406 e. The number of benzene rings is 4.